The van der Waals surface area contributed by atoms with Crippen molar-refractivity contribution in [1.82, 2.24) is 9.97 Å². The zero-order valence-corrected chi connectivity index (χ0v) is 9.19. The van der Waals surface area contributed by atoms with Gasteiger partial charge in [-0.25, -0.2) is 14.8 Å². The van der Waals surface area contributed by atoms with Crippen molar-refractivity contribution in [3.8, 4) is 16.5 Å². The van der Waals surface area contributed by atoms with Gasteiger partial charge in [0.1, 0.15) is 5.01 Å². The number of ether oxygens (including phenoxy) is 1. The van der Waals surface area contributed by atoms with Crippen molar-refractivity contribution < 1.29 is 14.6 Å². The highest BCUT2D eigenvalue weighted by molar-refractivity contribution is 7.13. The summed E-state index contributed by atoms with van der Waals surface area (Å²) in [5, 5.41) is 11.5. The van der Waals surface area contributed by atoms with Gasteiger partial charge in [-0.3, -0.25) is 0 Å². The largest absolute Gasteiger partial charge is 0.481 e. The maximum absolute atomic E-state index is 11.1. The lowest BCUT2D eigenvalue weighted by Gasteiger charge is -2.04. The highest BCUT2D eigenvalue weighted by atomic mass is 32.1. The summed E-state index contributed by atoms with van der Waals surface area (Å²) in [6.45, 7) is 0. The smallest absolute Gasteiger partial charge is 0.336 e. The Labute approximate surface area is 95.4 Å². The third-order valence-electron chi connectivity index (χ3n) is 1.98. The first-order valence-electron chi connectivity index (χ1n) is 4.39. The molecule has 0 atom stereocenters. The zero-order chi connectivity index (χ0) is 11.5. The standard InChI is InChI=1S/C10H8N2O3S/c1-15-8-4-6(10(13)14)7(5-12-8)9-11-2-3-16-9/h2-5H,1H3,(H,13,14). The minimum absolute atomic E-state index is 0.141. The number of pyridine rings is 1. The fraction of sp³-hybridized carbons (Fsp3) is 0.100. The fourth-order valence-electron chi connectivity index (χ4n) is 1.25. The summed E-state index contributed by atoms with van der Waals surface area (Å²) in [6, 6.07) is 1.39. The van der Waals surface area contributed by atoms with Crippen molar-refractivity contribution in [3.05, 3.63) is 29.4 Å². The molecule has 0 aliphatic carbocycles. The lowest BCUT2D eigenvalue weighted by Crippen LogP contribution is -2.01. The summed E-state index contributed by atoms with van der Waals surface area (Å²) in [7, 11) is 1.44. The molecule has 0 fully saturated rings. The molecule has 0 aliphatic heterocycles. The van der Waals surface area contributed by atoms with Crippen LogP contribution in [0, 0.1) is 0 Å². The molecule has 6 heteroatoms. The molecule has 0 saturated carbocycles. The van der Waals surface area contributed by atoms with E-state index in [1.807, 2.05) is 0 Å². The Morgan fingerprint density at radius 1 is 1.50 bits per heavy atom. The first-order valence-corrected chi connectivity index (χ1v) is 5.27. The van der Waals surface area contributed by atoms with Crippen LogP contribution in [-0.4, -0.2) is 28.2 Å². The molecular weight excluding hydrogens is 228 g/mol. The normalized spacial score (nSPS) is 10.1. The van der Waals surface area contributed by atoms with Gasteiger partial charge in [-0.2, -0.15) is 0 Å². The zero-order valence-electron chi connectivity index (χ0n) is 8.38. The minimum atomic E-state index is -1.02. The number of thiazole rings is 1. The Bertz CT molecular complexity index is 511. The average Bonchev–Trinajstić information content (AvgIpc) is 2.81. The van der Waals surface area contributed by atoms with Crippen LogP contribution in [0.4, 0.5) is 0 Å². The van der Waals surface area contributed by atoms with Crippen LogP contribution in [0.3, 0.4) is 0 Å². The molecule has 0 amide bonds. The van der Waals surface area contributed by atoms with Gasteiger partial charge in [0.25, 0.3) is 0 Å². The van der Waals surface area contributed by atoms with Crippen molar-refractivity contribution in [2.45, 2.75) is 0 Å². The molecular formula is C10H8N2O3S. The van der Waals surface area contributed by atoms with E-state index in [-0.39, 0.29) is 11.4 Å². The second kappa shape index (κ2) is 4.28. The average molecular weight is 236 g/mol. The highest BCUT2D eigenvalue weighted by Gasteiger charge is 2.15. The summed E-state index contributed by atoms with van der Waals surface area (Å²) in [5.41, 5.74) is 0.644. The van der Waals surface area contributed by atoms with E-state index in [4.69, 9.17) is 9.84 Å². The van der Waals surface area contributed by atoms with Gasteiger partial charge in [0.05, 0.1) is 12.7 Å². The number of aromatic carboxylic acids is 1. The molecule has 2 heterocycles. The van der Waals surface area contributed by atoms with E-state index in [0.29, 0.717) is 10.6 Å². The van der Waals surface area contributed by atoms with Crippen molar-refractivity contribution in [2.75, 3.05) is 7.11 Å². The van der Waals surface area contributed by atoms with Crippen molar-refractivity contribution >= 4 is 17.3 Å². The lowest BCUT2D eigenvalue weighted by atomic mass is 10.1. The fourth-order valence-corrected chi connectivity index (χ4v) is 1.91. The number of methoxy groups -OCH3 is 1. The number of rotatable bonds is 3. The van der Waals surface area contributed by atoms with Gasteiger partial charge in [-0.05, 0) is 0 Å². The van der Waals surface area contributed by atoms with E-state index in [1.54, 1.807) is 11.6 Å². The molecule has 2 aromatic heterocycles. The van der Waals surface area contributed by atoms with Crippen molar-refractivity contribution in [3.63, 3.8) is 0 Å². The SMILES string of the molecule is COc1cc(C(=O)O)c(-c2nccs2)cn1. The summed E-state index contributed by atoms with van der Waals surface area (Å²) < 4.78 is 4.89. The molecule has 1 N–H and O–H groups in total. The number of carboxylic acids is 1. The number of carbonyl (C=O) groups is 1. The van der Waals surface area contributed by atoms with E-state index in [0.717, 1.165) is 0 Å². The van der Waals surface area contributed by atoms with Crippen LogP contribution in [0.5, 0.6) is 5.88 Å². The van der Waals surface area contributed by atoms with Crippen LogP contribution in [0.1, 0.15) is 10.4 Å². The van der Waals surface area contributed by atoms with Crippen LogP contribution in [0.2, 0.25) is 0 Å². The number of nitrogens with zero attached hydrogens (tertiary/aromatic N) is 2. The quantitative estimate of drug-likeness (QED) is 0.881. The van der Waals surface area contributed by atoms with Gasteiger partial charge in [-0.15, -0.1) is 11.3 Å². The molecule has 0 bridgehead atoms. The summed E-state index contributed by atoms with van der Waals surface area (Å²) in [4.78, 5) is 19.1. The first kappa shape index (κ1) is 10.6. The van der Waals surface area contributed by atoms with E-state index >= 15 is 0 Å². The molecule has 0 unspecified atom stereocenters. The summed E-state index contributed by atoms with van der Waals surface area (Å²) in [6.07, 6.45) is 3.08. The van der Waals surface area contributed by atoms with E-state index < -0.39 is 5.97 Å². The molecule has 5 nitrogen and oxygen atoms in total. The second-order valence-corrected chi connectivity index (χ2v) is 3.81. The van der Waals surface area contributed by atoms with Crippen LogP contribution >= 0.6 is 11.3 Å². The van der Waals surface area contributed by atoms with E-state index in [2.05, 4.69) is 9.97 Å². The van der Waals surface area contributed by atoms with Crippen molar-refractivity contribution in [2.24, 2.45) is 0 Å². The van der Waals surface area contributed by atoms with Gasteiger partial charge in [-0.1, -0.05) is 0 Å². The molecule has 82 valence electrons. The van der Waals surface area contributed by atoms with Gasteiger partial charge in [0.15, 0.2) is 0 Å². The topological polar surface area (TPSA) is 72.3 Å². The van der Waals surface area contributed by atoms with Gasteiger partial charge in [0, 0.05) is 29.4 Å². The summed E-state index contributed by atoms with van der Waals surface area (Å²) >= 11 is 1.37. The van der Waals surface area contributed by atoms with Gasteiger partial charge < -0.3 is 9.84 Å². The number of aromatic nitrogens is 2. The lowest BCUT2D eigenvalue weighted by molar-refractivity contribution is 0.0697. The van der Waals surface area contributed by atoms with Gasteiger partial charge >= 0.3 is 5.97 Å². The predicted octanol–water partition coefficient (Wildman–Crippen LogP) is 1.91. The Morgan fingerprint density at radius 3 is 2.88 bits per heavy atom. The molecule has 0 radical (unpaired) electrons. The van der Waals surface area contributed by atoms with E-state index in [9.17, 15) is 4.79 Å². The van der Waals surface area contributed by atoms with Crippen LogP contribution in [-0.2, 0) is 0 Å². The Morgan fingerprint density at radius 2 is 2.31 bits per heavy atom. The molecule has 2 rings (SSSR count). The summed E-state index contributed by atoms with van der Waals surface area (Å²) in [5.74, 6) is -0.747. The number of hydrogen-bond acceptors (Lipinski definition) is 5. The third-order valence-corrected chi connectivity index (χ3v) is 2.79. The molecule has 0 aliphatic rings. The highest BCUT2D eigenvalue weighted by Crippen LogP contribution is 2.27. The monoisotopic (exact) mass is 236 g/mol. The number of hydrogen-bond donors (Lipinski definition) is 1. The predicted molar refractivity (Wildman–Crippen MR) is 58.9 cm³/mol. The van der Waals surface area contributed by atoms with Crippen LogP contribution in [0.25, 0.3) is 10.6 Å². The maximum Gasteiger partial charge on any atom is 0.336 e. The Kier molecular flexibility index (Phi) is 2.82. The molecule has 0 saturated heterocycles. The Hall–Kier alpha value is -1.95. The second-order valence-electron chi connectivity index (χ2n) is 2.91. The maximum atomic E-state index is 11.1. The van der Waals surface area contributed by atoms with E-state index in [1.165, 1.54) is 30.7 Å². The Balaban J connectivity index is 2.57. The minimum Gasteiger partial charge on any atom is -0.481 e. The molecule has 16 heavy (non-hydrogen) atoms. The van der Waals surface area contributed by atoms with Crippen molar-refractivity contribution in [1.29, 1.82) is 0 Å². The van der Waals surface area contributed by atoms with Crippen LogP contribution < -0.4 is 4.74 Å². The number of carboxylic acid groups (broad SMARTS) is 1. The van der Waals surface area contributed by atoms with Gasteiger partial charge in [0.2, 0.25) is 5.88 Å². The molecule has 0 spiro atoms. The van der Waals surface area contributed by atoms with Crippen LogP contribution in [0.15, 0.2) is 23.8 Å². The molecule has 0 aromatic carbocycles. The molecule has 2 aromatic rings. The third kappa shape index (κ3) is 1.87. The first-order chi connectivity index (χ1) is 7.72.